The molecule has 5 rings (SSSR count). The molecule has 0 amide bonds. The normalized spacial score (nSPS) is 12.5. The van der Waals surface area contributed by atoms with Gasteiger partial charge in [-0.1, -0.05) is 22.0 Å². The number of rotatable bonds is 6. The van der Waals surface area contributed by atoms with E-state index in [2.05, 4.69) is 26.0 Å². The van der Waals surface area contributed by atoms with E-state index in [0.29, 0.717) is 34.8 Å². The van der Waals surface area contributed by atoms with Crippen molar-refractivity contribution in [1.82, 2.24) is 9.66 Å². The highest BCUT2D eigenvalue weighted by Crippen LogP contribution is 2.33. The van der Waals surface area contributed by atoms with Crippen LogP contribution in [0.3, 0.4) is 0 Å². The minimum atomic E-state index is -0.238. The molecule has 0 aliphatic carbocycles. The van der Waals surface area contributed by atoms with Crippen molar-refractivity contribution in [3.63, 3.8) is 0 Å². The van der Waals surface area contributed by atoms with Gasteiger partial charge in [-0.05, 0) is 55.0 Å². The van der Waals surface area contributed by atoms with Crippen LogP contribution in [0.15, 0.2) is 69.0 Å². The van der Waals surface area contributed by atoms with Crippen molar-refractivity contribution in [2.45, 2.75) is 13.5 Å². The molecule has 0 fully saturated rings. The number of aromatic nitrogens is 2. The van der Waals surface area contributed by atoms with Gasteiger partial charge in [-0.2, -0.15) is 9.78 Å². The highest BCUT2D eigenvalue weighted by atomic mass is 79.9. The van der Waals surface area contributed by atoms with E-state index in [1.54, 1.807) is 19.2 Å². The smallest absolute Gasteiger partial charge is 0.282 e. The molecule has 0 N–H and O–H groups in total. The van der Waals surface area contributed by atoms with Crippen LogP contribution in [0.1, 0.15) is 17.0 Å². The predicted molar refractivity (Wildman–Crippen MR) is 139 cm³/mol. The molecular weight excluding hydrogens is 512 g/mol. The van der Waals surface area contributed by atoms with Gasteiger partial charge in [0.05, 0.1) is 17.1 Å². The number of aryl methyl sites for hydroxylation is 1. The third-order valence-corrected chi connectivity index (χ3v) is 6.12. The Morgan fingerprint density at radius 2 is 1.94 bits per heavy atom. The molecule has 0 atom stereocenters. The molecule has 9 heteroatoms. The summed E-state index contributed by atoms with van der Waals surface area (Å²) in [7, 11) is 3.93. The molecule has 178 valence electrons. The molecule has 2 heterocycles. The van der Waals surface area contributed by atoms with Crippen molar-refractivity contribution in [3.8, 4) is 17.2 Å². The summed E-state index contributed by atoms with van der Waals surface area (Å²) in [6.45, 7) is 2.32. The quantitative estimate of drug-likeness (QED) is 0.333. The average Bonchev–Trinajstić information content (AvgIpc) is 3.31. The van der Waals surface area contributed by atoms with Crippen LogP contribution in [0.25, 0.3) is 10.9 Å². The summed E-state index contributed by atoms with van der Waals surface area (Å²) in [4.78, 5) is 19.6. The van der Waals surface area contributed by atoms with E-state index >= 15 is 0 Å². The van der Waals surface area contributed by atoms with Crippen LogP contribution >= 0.6 is 15.9 Å². The third-order valence-electron chi connectivity index (χ3n) is 5.63. The number of fused-ring (bicyclic) bond motifs is 2. The lowest BCUT2D eigenvalue weighted by Crippen LogP contribution is -2.20. The maximum absolute atomic E-state index is 13.1. The molecule has 0 saturated carbocycles. The van der Waals surface area contributed by atoms with Crippen molar-refractivity contribution >= 4 is 38.7 Å². The zero-order chi connectivity index (χ0) is 24.5. The van der Waals surface area contributed by atoms with E-state index < -0.39 is 0 Å². The number of ether oxygens (including phenoxy) is 3. The van der Waals surface area contributed by atoms with Crippen LogP contribution in [-0.2, 0) is 6.61 Å². The SMILES string of the molecule is Cc1nc2ccc(Br)cc2c(=O)n1N=Cc1ccc(N(C)C)cc1OCc1ccc2c(c1)OCO2. The lowest BCUT2D eigenvalue weighted by atomic mass is 10.1. The van der Waals surface area contributed by atoms with Crippen LogP contribution in [0, 0.1) is 6.92 Å². The Kier molecular flexibility index (Phi) is 6.17. The number of halogens is 1. The second-order valence-electron chi connectivity index (χ2n) is 8.27. The Balaban J connectivity index is 1.47. The van der Waals surface area contributed by atoms with E-state index in [1.807, 2.05) is 67.5 Å². The molecule has 8 nitrogen and oxygen atoms in total. The van der Waals surface area contributed by atoms with Gasteiger partial charge < -0.3 is 19.1 Å². The van der Waals surface area contributed by atoms with Gasteiger partial charge >= 0.3 is 0 Å². The van der Waals surface area contributed by atoms with Gasteiger partial charge in [-0.15, -0.1) is 0 Å². The summed E-state index contributed by atoms with van der Waals surface area (Å²) >= 11 is 3.42. The Hall–Kier alpha value is -3.85. The lowest BCUT2D eigenvalue weighted by Gasteiger charge is -2.16. The van der Waals surface area contributed by atoms with Gasteiger partial charge in [0.15, 0.2) is 11.5 Å². The molecule has 0 radical (unpaired) electrons. The summed E-state index contributed by atoms with van der Waals surface area (Å²) in [5, 5.41) is 4.95. The van der Waals surface area contributed by atoms with Crippen LogP contribution in [0.5, 0.6) is 17.2 Å². The summed E-state index contributed by atoms with van der Waals surface area (Å²) in [6.07, 6.45) is 1.62. The topological polar surface area (TPSA) is 78.2 Å². The fraction of sp³-hybridized carbons (Fsp3) is 0.192. The van der Waals surface area contributed by atoms with Crippen molar-refractivity contribution in [1.29, 1.82) is 0 Å². The van der Waals surface area contributed by atoms with Gasteiger partial charge in [0.1, 0.15) is 18.2 Å². The molecule has 0 saturated heterocycles. The summed E-state index contributed by atoms with van der Waals surface area (Å²) in [6, 6.07) is 17.0. The minimum Gasteiger partial charge on any atom is -0.488 e. The predicted octanol–water partition coefficient (Wildman–Crippen LogP) is 4.72. The van der Waals surface area contributed by atoms with Gasteiger partial charge in [-0.3, -0.25) is 4.79 Å². The number of hydrogen-bond acceptors (Lipinski definition) is 7. The van der Waals surface area contributed by atoms with E-state index in [4.69, 9.17) is 14.2 Å². The Morgan fingerprint density at radius 3 is 2.77 bits per heavy atom. The Bertz CT molecular complexity index is 1510. The number of nitrogens with zero attached hydrogens (tertiary/aromatic N) is 4. The Morgan fingerprint density at radius 1 is 1.11 bits per heavy atom. The van der Waals surface area contributed by atoms with Gasteiger partial charge in [0.2, 0.25) is 6.79 Å². The number of hydrogen-bond donors (Lipinski definition) is 0. The second kappa shape index (κ2) is 9.42. The van der Waals surface area contributed by atoms with Crippen LogP contribution in [0.2, 0.25) is 0 Å². The second-order valence-corrected chi connectivity index (χ2v) is 9.19. The molecule has 0 spiro atoms. The van der Waals surface area contributed by atoms with E-state index in [0.717, 1.165) is 27.0 Å². The first-order valence-corrected chi connectivity index (χ1v) is 11.7. The van der Waals surface area contributed by atoms with Gasteiger partial charge in [0, 0.05) is 35.9 Å². The van der Waals surface area contributed by atoms with Crippen LogP contribution in [-0.4, -0.2) is 36.8 Å². The molecular formula is C26H23BrN4O4. The molecule has 1 aliphatic rings. The fourth-order valence-electron chi connectivity index (χ4n) is 3.74. The molecule has 35 heavy (non-hydrogen) atoms. The minimum absolute atomic E-state index is 0.227. The first-order valence-electron chi connectivity index (χ1n) is 10.9. The van der Waals surface area contributed by atoms with Crippen molar-refractivity contribution in [2.24, 2.45) is 5.10 Å². The van der Waals surface area contributed by atoms with Gasteiger partial charge in [0.25, 0.3) is 5.56 Å². The highest BCUT2D eigenvalue weighted by Gasteiger charge is 2.14. The molecule has 1 aromatic heterocycles. The zero-order valence-corrected chi connectivity index (χ0v) is 21.1. The maximum atomic E-state index is 13.1. The summed E-state index contributed by atoms with van der Waals surface area (Å²) in [5.74, 6) is 2.57. The van der Waals surface area contributed by atoms with Gasteiger partial charge in [-0.25, -0.2) is 4.98 Å². The third kappa shape index (κ3) is 4.72. The zero-order valence-electron chi connectivity index (χ0n) is 19.5. The Labute approximate surface area is 210 Å². The lowest BCUT2D eigenvalue weighted by molar-refractivity contribution is 0.174. The fourth-order valence-corrected chi connectivity index (χ4v) is 4.10. The van der Waals surface area contributed by atoms with Crippen molar-refractivity contribution in [2.75, 3.05) is 25.8 Å². The largest absolute Gasteiger partial charge is 0.488 e. The first-order chi connectivity index (χ1) is 16.9. The maximum Gasteiger partial charge on any atom is 0.282 e. The van der Waals surface area contributed by atoms with E-state index in [1.165, 1.54) is 4.68 Å². The molecule has 1 aliphatic heterocycles. The molecule has 3 aromatic carbocycles. The average molecular weight is 535 g/mol. The van der Waals surface area contributed by atoms with Crippen molar-refractivity contribution in [3.05, 3.63) is 86.4 Å². The molecule has 0 bridgehead atoms. The first kappa shape index (κ1) is 22.9. The van der Waals surface area contributed by atoms with E-state index in [-0.39, 0.29) is 12.4 Å². The highest BCUT2D eigenvalue weighted by molar-refractivity contribution is 9.10. The summed E-state index contributed by atoms with van der Waals surface area (Å²) < 4.78 is 19.1. The molecule has 0 unspecified atom stereocenters. The van der Waals surface area contributed by atoms with Crippen LogP contribution in [0.4, 0.5) is 5.69 Å². The van der Waals surface area contributed by atoms with Crippen LogP contribution < -0.4 is 24.7 Å². The molecule has 4 aromatic rings. The number of benzene rings is 3. The number of anilines is 1. The van der Waals surface area contributed by atoms with E-state index in [9.17, 15) is 4.79 Å². The monoisotopic (exact) mass is 534 g/mol. The standard InChI is InChI=1S/C26H23BrN4O4/c1-16-29-22-8-6-19(27)11-21(22)26(32)31(16)28-13-18-5-7-20(30(2)3)12-24(18)33-14-17-4-9-23-25(10-17)35-15-34-23/h4-13H,14-15H2,1-3H3. The summed E-state index contributed by atoms with van der Waals surface area (Å²) in [5.41, 5.74) is 3.05. The van der Waals surface area contributed by atoms with Crippen molar-refractivity contribution < 1.29 is 14.2 Å².